The van der Waals surface area contributed by atoms with Crippen molar-refractivity contribution in [3.63, 3.8) is 0 Å². The van der Waals surface area contributed by atoms with Gasteiger partial charge in [0.1, 0.15) is 0 Å². The van der Waals surface area contributed by atoms with Gasteiger partial charge in [-0.25, -0.2) is 0 Å². The highest BCUT2D eigenvalue weighted by Gasteiger charge is 2.12. The summed E-state index contributed by atoms with van der Waals surface area (Å²) >= 11 is 12.7. The van der Waals surface area contributed by atoms with Gasteiger partial charge in [-0.05, 0) is 42.5 Å². The first-order valence-corrected chi connectivity index (χ1v) is 6.79. The Hall–Kier alpha value is -0.640. The Morgan fingerprint density at radius 1 is 0.941 bits per heavy atom. The van der Waals surface area contributed by atoms with E-state index >= 15 is 0 Å². The third-order valence-electron chi connectivity index (χ3n) is 2.28. The molecule has 1 nitrogen and oxygen atoms in total. The minimum Gasteiger partial charge on any atom is -0.289 e. The second-order valence-corrected chi connectivity index (χ2v) is 5.70. The lowest BCUT2D eigenvalue weighted by atomic mass is 10.0. The Balaban J connectivity index is 2.43. The van der Waals surface area contributed by atoms with Crippen molar-refractivity contribution < 1.29 is 4.79 Å². The van der Waals surface area contributed by atoms with Crippen LogP contribution in [0.5, 0.6) is 0 Å². The highest BCUT2D eigenvalue weighted by Crippen LogP contribution is 2.24. The molecule has 0 N–H and O–H groups in total. The van der Waals surface area contributed by atoms with Crippen LogP contribution in [0.1, 0.15) is 15.9 Å². The van der Waals surface area contributed by atoms with Crippen molar-refractivity contribution in [1.29, 1.82) is 0 Å². The van der Waals surface area contributed by atoms with Gasteiger partial charge in [-0.15, -0.1) is 0 Å². The molecule has 0 unspecified atom stereocenters. The number of rotatable bonds is 2. The third kappa shape index (κ3) is 2.97. The van der Waals surface area contributed by atoms with E-state index in [0.29, 0.717) is 16.1 Å². The molecule has 0 amide bonds. The second kappa shape index (κ2) is 5.34. The van der Waals surface area contributed by atoms with Gasteiger partial charge >= 0.3 is 0 Å². The smallest absolute Gasteiger partial charge is 0.194 e. The lowest BCUT2D eigenvalue weighted by Crippen LogP contribution is -2.01. The van der Waals surface area contributed by atoms with Crippen LogP contribution in [0.25, 0.3) is 0 Å². The van der Waals surface area contributed by atoms with Crippen molar-refractivity contribution in [2.75, 3.05) is 0 Å². The van der Waals surface area contributed by atoms with Crippen molar-refractivity contribution >= 4 is 49.2 Å². The standard InChI is InChI=1S/C13H7Br2ClO/c14-9-3-1-8(2-4-9)13(17)11-7-10(15)5-6-12(11)16/h1-7H. The molecule has 17 heavy (non-hydrogen) atoms. The third-order valence-corrected chi connectivity index (χ3v) is 3.63. The molecule has 0 aliphatic heterocycles. The topological polar surface area (TPSA) is 17.1 Å². The fourth-order valence-electron chi connectivity index (χ4n) is 1.43. The molecule has 0 radical (unpaired) electrons. The summed E-state index contributed by atoms with van der Waals surface area (Å²) in [6.45, 7) is 0. The van der Waals surface area contributed by atoms with Gasteiger partial charge in [0.15, 0.2) is 5.78 Å². The van der Waals surface area contributed by atoms with Crippen LogP contribution in [-0.4, -0.2) is 5.78 Å². The second-order valence-electron chi connectivity index (χ2n) is 3.46. The van der Waals surface area contributed by atoms with E-state index in [4.69, 9.17) is 11.6 Å². The molecule has 0 aromatic heterocycles. The predicted octanol–water partition coefficient (Wildman–Crippen LogP) is 5.10. The minimum absolute atomic E-state index is 0.0798. The predicted molar refractivity (Wildman–Crippen MR) is 76.7 cm³/mol. The maximum atomic E-state index is 12.2. The van der Waals surface area contributed by atoms with Crippen LogP contribution < -0.4 is 0 Å². The Bertz CT molecular complexity index is 564. The molecule has 0 saturated carbocycles. The molecular formula is C13H7Br2ClO. The molecule has 0 fully saturated rings. The Morgan fingerprint density at radius 2 is 1.53 bits per heavy atom. The zero-order chi connectivity index (χ0) is 12.4. The summed E-state index contributed by atoms with van der Waals surface area (Å²) < 4.78 is 1.77. The van der Waals surface area contributed by atoms with E-state index in [9.17, 15) is 4.79 Å². The van der Waals surface area contributed by atoms with Crippen LogP contribution in [-0.2, 0) is 0 Å². The Morgan fingerprint density at radius 3 is 2.18 bits per heavy atom. The fourth-order valence-corrected chi connectivity index (χ4v) is 2.26. The van der Waals surface area contributed by atoms with Gasteiger partial charge in [0, 0.05) is 20.1 Å². The lowest BCUT2D eigenvalue weighted by Gasteiger charge is -2.04. The molecule has 2 rings (SSSR count). The van der Waals surface area contributed by atoms with E-state index in [1.807, 2.05) is 12.1 Å². The van der Waals surface area contributed by atoms with E-state index in [0.717, 1.165) is 8.95 Å². The van der Waals surface area contributed by atoms with Crippen LogP contribution in [0.4, 0.5) is 0 Å². The quantitative estimate of drug-likeness (QED) is 0.669. The largest absolute Gasteiger partial charge is 0.289 e. The first-order valence-electron chi connectivity index (χ1n) is 4.83. The zero-order valence-electron chi connectivity index (χ0n) is 8.58. The van der Waals surface area contributed by atoms with Crippen LogP contribution in [0.3, 0.4) is 0 Å². The van der Waals surface area contributed by atoms with Gasteiger partial charge in [-0.2, -0.15) is 0 Å². The van der Waals surface area contributed by atoms with Gasteiger partial charge in [0.05, 0.1) is 5.02 Å². The highest BCUT2D eigenvalue weighted by atomic mass is 79.9. The molecule has 0 bridgehead atoms. The molecule has 0 aliphatic rings. The molecule has 2 aromatic carbocycles. The number of hydrogen-bond acceptors (Lipinski definition) is 1. The van der Waals surface area contributed by atoms with Crippen molar-refractivity contribution in [2.45, 2.75) is 0 Å². The Labute approximate surface area is 121 Å². The number of ketones is 1. The summed E-state index contributed by atoms with van der Waals surface area (Å²) in [6, 6.07) is 12.4. The lowest BCUT2D eigenvalue weighted by molar-refractivity contribution is 0.103. The number of halogens is 3. The maximum Gasteiger partial charge on any atom is 0.194 e. The van der Waals surface area contributed by atoms with Crippen LogP contribution >= 0.6 is 43.5 Å². The monoisotopic (exact) mass is 372 g/mol. The SMILES string of the molecule is O=C(c1ccc(Br)cc1)c1cc(Br)ccc1Cl. The van der Waals surface area contributed by atoms with E-state index in [1.165, 1.54) is 0 Å². The number of carbonyl (C=O) groups is 1. The van der Waals surface area contributed by atoms with Crippen LogP contribution in [0, 0.1) is 0 Å². The molecule has 0 spiro atoms. The average molecular weight is 374 g/mol. The molecule has 0 atom stereocenters. The van der Waals surface area contributed by atoms with Gasteiger partial charge in [-0.1, -0.05) is 43.5 Å². The average Bonchev–Trinajstić information content (AvgIpc) is 2.32. The maximum absolute atomic E-state index is 12.2. The normalized spacial score (nSPS) is 10.3. The summed E-state index contributed by atoms with van der Waals surface area (Å²) in [7, 11) is 0. The number of carbonyl (C=O) groups excluding carboxylic acids is 1. The summed E-state index contributed by atoms with van der Waals surface area (Å²) in [5, 5.41) is 0.459. The van der Waals surface area contributed by atoms with Crippen LogP contribution in [0.2, 0.25) is 5.02 Å². The Kier molecular flexibility index (Phi) is 4.02. The van der Waals surface area contributed by atoms with Gasteiger partial charge in [-0.3, -0.25) is 4.79 Å². The molecule has 2 aromatic rings. The molecule has 0 saturated heterocycles. The number of hydrogen-bond donors (Lipinski definition) is 0. The molecule has 86 valence electrons. The molecule has 0 aliphatic carbocycles. The van der Waals surface area contributed by atoms with E-state index in [-0.39, 0.29) is 5.78 Å². The van der Waals surface area contributed by atoms with Gasteiger partial charge in [0.2, 0.25) is 0 Å². The summed E-state index contributed by atoms with van der Waals surface area (Å²) in [4.78, 5) is 12.2. The van der Waals surface area contributed by atoms with Gasteiger partial charge < -0.3 is 0 Å². The molecular weight excluding hydrogens is 367 g/mol. The first-order chi connectivity index (χ1) is 8.08. The van der Waals surface area contributed by atoms with Gasteiger partial charge in [0.25, 0.3) is 0 Å². The molecule has 4 heteroatoms. The fraction of sp³-hybridized carbons (Fsp3) is 0. The summed E-state index contributed by atoms with van der Waals surface area (Å²) in [5.74, 6) is -0.0798. The number of benzene rings is 2. The van der Waals surface area contributed by atoms with E-state index in [2.05, 4.69) is 31.9 Å². The highest BCUT2D eigenvalue weighted by molar-refractivity contribution is 9.10. The van der Waals surface area contributed by atoms with Crippen molar-refractivity contribution in [3.8, 4) is 0 Å². The summed E-state index contributed by atoms with van der Waals surface area (Å²) in [6.07, 6.45) is 0. The van der Waals surface area contributed by atoms with Crippen molar-refractivity contribution in [3.05, 3.63) is 67.6 Å². The van der Waals surface area contributed by atoms with Crippen molar-refractivity contribution in [2.24, 2.45) is 0 Å². The van der Waals surface area contributed by atoms with E-state index < -0.39 is 0 Å². The van der Waals surface area contributed by atoms with Crippen molar-refractivity contribution in [1.82, 2.24) is 0 Å². The zero-order valence-corrected chi connectivity index (χ0v) is 12.5. The minimum atomic E-state index is -0.0798. The summed E-state index contributed by atoms with van der Waals surface area (Å²) in [5.41, 5.74) is 1.12. The van der Waals surface area contributed by atoms with Crippen LogP contribution in [0.15, 0.2) is 51.4 Å². The van der Waals surface area contributed by atoms with E-state index in [1.54, 1.807) is 30.3 Å². The molecule has 0 heterocycles. The first kappa shape index (κ1) is 12.8.